The summed E-state index contributed by atoms with van der Waals surface area (Å²) in [7, 11) is 0. The number of hydrogen-bond acceptors (Lipinski definition) is 4. The standard InChI is InChI=1S/C13H13N3O2S/c1-7(2)18-11-6-16-9-4-3-8(12(14)17)5-10(9)19-13(16)15-11/h3-7H,1-2H3,(H2,14,17). The van der Waals surface area contributed by atoms with E-state index < -0.39 is 5.91 Å². The van der Waals surface area contributed by atoms with Crippen molar-refractivity contribution in [3.05, 3.63) is 30.0 Å². The molecule has 5 nitrogen and oxygen atoms in total. The molecule has 0 aliphatic heterocycles. The van der Waals surface area contributed by atoms with Crippen molar-refractivity contribution in [1.29, 1.82) is 0 Å². The van der Waals surface area contributed by atoms with Gasteiger partial charge in [-0.15, -0.1) is 0 Å². The van der Waals surface area contributed by atoms with Crippen molar-refractivity contribution in [2.45, 2.75) is 20.0 Å². The topological polar surface area (TPSA) is 69.6 Å². The van der Waals surface area contributed by atoms with Crippen LogP contribution in [0.25, 0.3) is 15.2 Å². The van der Waals surface area contributed by atoms with Crippen LogP contribution < -0.4 is 10.5 Å². The molecule has 0 atom stereocenters. The summed E-state index contributed by atoms with van der Waals surface area (Å²) in [6.07, 6.45) is 1.95. The first-order valence-electron chi connectivity index (χ1n) is 5.92. The molecule has 6 heteroatoms. The number of nitrogens with two attached hydrogens (primary N) is 1. The molecule has 0 unspecified atom stereocenters. The van der Waals surface area contributed by atoms with E-state index in [0.717, 1.165) is 15.2 Å². The first kappa shape index (κ1) is 12.0. The Kier molecular flexibility index (Phi) is 2.67. The molecule has 98 valence electrons. The minimum absolute atomic E-state index is 0.0948. The fraction of sp³-hybridized carbons (Fsp3) is 0.231. The average Bonchev–Trinajstić information content (AvgIpc) is 2.83. The van der Waals surface area contributed by atoms with Crippen molar-refractivity contribution in [2.24, 2.45) is 5.73 Å². The molecule has 19 heavy (non-hydrogen) atoms. The zero-order valence-electron chi connectivity index (χ0n) is 10.6. The van der Waals surface area contributed by atoms with Gasteiger partial charge in [0.05, 0.1) is 22.5 Å². The summed E-state index contributed by atoms with van der Waals surface area (Å²) in [5.74, 6) is 0.193. The van der Waals surface area contributed by atoms with Gasteiger partial charge < -0.3 is 10.5 Å². The molecule has 3 aromatic rings. The first-order chi connectivity index (χ1) is 9.04. The Morgan fingerprint density at radius 2 is 2.26 bits per heavy atom. The summed E-state index contributed by atoms with van der Waals surface area (Å²) < 4.78 is 8.51. The van der Waals surface area contributed by atoms with E-state index in [1.165, 1.54) is 11.3 Å². The minimum Gasteiger partial charge on any atom is -0.474 e. The van der Waals surface area contributed by atoms with Gasteiger partial charge in [-0.05, 0) is 32.0 Å². The molecule has 0 aliphatic rings. The Hall–Kier alpha value is -2.08. The van der Waals surface area contributed by atoms with Gasteiger partial charge in [-0.25, -0.2) is 0 Å². The Bertz CT molecular complexity index is 773. The van der Waals surface area contributed by atoms with Crippen LogP contribution in [0, 0.1) is 0 Å². The molecule has 0 bridgehead atoms. The molecular formula is C13H13N3O2S. The number of hydrogen-bond donors (Lipinski definition) is 1. The highest BCUT2D eigenvalue weighted by Gasteiger charge is 2.11. The number of aromatic nitrogens is 2. The highest BCUT2D eigenvalue weighted by atomic mass is 32.1. The number of rotatable bonds is 3. The van der Waals surface area contributed by atoms with Crippen molar-refractivity contribution >= 4 is 32.4 Å². The molecule has 2 heterocycles. The average molecular weight is 275 g/mol. The van der Waals surface area contributed by atoms with Gasteiger partial charge in [-0.3, -0.25) is 9.20 Å². The normalized spacial score (nSPS) is 11.5. The third-order valence-corrected chi connectivity index (χ3v) is 3.73. The van der Waals surface area contributed by atoms with Gasteiger partial charge in [0.15, 0.2) is 4.96 Å². The van der Waals surface area contributed by atoms with E-state index in [-0.39, 0.29) is 6.10 Å². The summed E-state index contributed by atoms with van der Waals surface area (Å²) in [6.45, 7) is 3.93. The predicted octanol–water partition coefficient (Wildman–Crippen LogP) is 2.44. The molecule has 0 fully saturated rings. The maximum Gasteiger partial charge on any atom is 0.248 e. The molecule has 0 aliphatic carbocycles. The lowest BCUT2D eigenvalue weighted by Gasteiger charge is -2.04. The van der Waals surface area contributed by atoms with Crippen molar-refractivity contribution in [3.8, 4) is 5.88 Å². The molecule has 0 saturated carbocycles. The largest absolute Gasteiger partial charge is 0.474 e. The summed E-state index contributed by atoms with van der Waals surface area (Å²) in [4.78, 5) is 16.4. The molecule has 0 spiro atoms. The summed E-state index contributed by atoms with van der Waals surface area (Å²) in [5.41, 5.74) is 6.78. The third kappa shape index (κ3) is 2.04. The highest BCUT2D eigenvalue weighted by Crippen LogP contribution is 2.29. The van der Waals surface area contributed by atoms with Crippen LogP contribution in [0.5, 0.6) is 5.88 Å². The van der Waals surface area contributed by atoms with Gasteiger partial charge in [0.2, 0.25) is 11.8 Å². The third-order valence-electron chi connectivity index (χ3n) is 2.71. The molecule has 1 amide bonds. The van der Waals surface area contributed by atoms with Crippen LogP contribution in [0.15, 0.2) is 24.4 Å². The smallest absolute Gasteiger partial charge is 0.248 e. The monoisotopic (exact) mass is 275 g/mol. The van der Waals surface area contributed by atoms with E-state index >= 15 is 0 Å². The number of carbonyl (C=O) groups excluding carboxylic acids is 1. The van der Waals surface area contributed by atoms with E-state index in [9.17, 15) is 4.79 Å². The highest BCUT2D eigenvalue weighted by molar-refractivity contribution is 7.23. The van der Waals surface area contributed by atoms with Crippen molar-refractivity contribution in [3.63, 3.8) is 0 Å². The van der Waals surface area contributed by atoms with Crippen molar-refractivity contribution < 1.29 is 9.53 Å². The Labute approximate surface area is 113 Å². The molecule has 2 N–H and O–H groups in total. The Morgan fingerprint density at radius 1 is 1.47 bits per heavy atom. The van der Waals surface area contributed by atoms with Crippen LogP contribution in [0.1, 0.15) is 24.2 Å². The lowest BCUT2D eigenvalue weighted by molar-refractivity contribution is 0.100. The van der Waals surface area contributed by atoms with Crippen molar-refractivity contribution in [1.82, 2.24) is 9.38 Å². The van der Waals surface area contributed by atoms with Gasteiger partial charge in [0, 0.05) is 5.56 Å². The Morgan fingerprint density at radius 3 is 2.95 bits per heavy atom. The summed E-state index contributed by atoms with van der Waals surface area (Å²) in [6, 6.07) is 5.39. The molecule has 0 saturated heterocycles. The molecule has 3 rings (SSSR count). The number of thiazole rings is 1. The number of nitrogens with zero attached hydrogens (tertiary/aromatic N) is 2. The maximum absolute atomic E-state index is 11.2. The Balaban J connectivity index is 2.14. The van der Waals surface area contributed by atoms with Gasteiger partial charge in [0.25, 0.3) is 0 Å². The molecule has 2 aromatic heterocycles. The number of benzene rings is 1. The summed E-state index contributed by atoms with van der Waals surface area (Å²) >= 11 is 1.51. The van der Waals surface area contributed by atoms with Gasteiger partial charge in [0.1, 0.15) is 0 Å². The number of carbonyl (C=O) groups is 1. The fourth-order valence-electron chi connectivity index (χ4n) is 1.93. The van der Waals surface area contributed by atoms with E-state index in [1.807, 2.05) is 30.5 Å². The van der Waals surface area contributed by atoms with Crippen LogP contribution in [0.4, 0.5) is 0 Å². The van der Waals surface area contributed by atoms with E-state index in [2.05, 4.69) is 4.98 Å². The fourth-order valence-corrected chi connectivity index (χ4v) is 2.97. The quantitative estimate of drug-likeness (QED) is 0.798. The number of amides is 1. The van der Waals surface area contributed by atoms with Gasteiger partial charge >= 0.3 is 0 Å². The number of fused-ring (bicyclic) bond motifs is 3. The van der Waals surface area contributed by atoms with Gasteiger partial charge in [-0.1, -0.05) is 11.3 Å². The summed E-state index contributed by atoms with van der Waals surface area (Å²) in [5, 5.41) is 0. The minimum atomic E-state index is -0.420. The number of primary amides is 1. The zero-order valence-corrected chi connectivity index (χ0v) is 11.4. The second-order valence-corrected chi connectivity index (χ2v) is 5.56. The van der Waals surface area contributed by atoms with Crippen LogP contribution in [-0.4, -0.2) is 21.4 Å². The zero-order chi connectivity index (χ0) is 13.6. The van der Waals surface area contributed by atoms with E-state index in [0.29, 0.717) is 11.4 Å². The van der Waals surface area contributed by atoms with Gasteiger partial charge in [-0.2, -0.15) is 4.98 Å². The lowest BCUT2D eigenvalue weighted by Crippen LogP contribution is -2.10. The molecule has 0 radical (unpaired) electrons. The van der Waals surface area contributed by atoms with Crippen LogP contribution in [0.2, 0.25) is 0 Å². The van der Waals surface area contributed by atoms with Crippen LogP contribution in [-0.2, 0) is 0 Å². The van der Waals surface area contributed by atoms with Crippen LogP contribution in [0.3, 0.4) is 0 Å². The number of imidazole rings is 1. The molecular weight excluding hydrogens is 262 g/mol. The number of ether oxygens (including phenoxy) is 1. The second kappa shape index (κ2) is 4.24. The lowest BCUT2D eigenvalue weighted by atomic mass is 10.2. The first-order valence-corrected chi connectivity index (χ1v) is 6.74. The SMILES string of the molecule is CC(C)Oc1cn2c(n1)sc1cc(C(N)=O)ccc12. The molecule has 1 aromatic carbocycles. The maximum atomic E-state index is 11.2. The predicted molar refractivity (Wildman–Crippen MR) is 74.9 cm³/mol. The van der Waals surface area contributed by atoms with Crippen LogP contribution >= 0.6 is 11.3 Å². The van der Waals surface area contributed by atoms with E-state index in [4.69, 9.17) is 10.5 Å². The van der Waals surface area contributed by atoms with Crippen molar-refractivity contribution in [2.75, 3.05) is 0 Å². The second-order valence-electron chi connectivity index (χ2n) is 4.55. The van der Waals surface area contributed by atoms with E-state index in [1.54, 1.807) is 12.1 Å².